The number of rotatable bonds is 4. The van der Waals surface area contributed by atoms with E-state index in [2.05, 4.69) is 277 Å². The molecule has 0 heteroatoms. The fraction of sp³-hybridized carbons (Fsp3) is 0.159. The summed E-state index contributed by atoms with van der Waals surface area (Å²) in [5, 5.41) is 11.1. The fourth-order valence-corrected chi connectivity index (χ4v) is 10.6. The van der Waals surface area contributed by atoms with Gasteiger partial charge in [-0.05, 0) is 130 Å². The van der Waals surface area contributed by atoms with Gasteiger partial charge in [-0.2, -0.15) is 0 Å². The lowest BCUT2D eigenvalue weighted by atomic mass is 9.93. The molecule has 0 radical (unpaired) electrons. The average Bonchev–Trinajstić information content (AvgIpc) is 3.91. The van der Waals surface area contributed by atoms with Crippen molar-refractivity contribution in [3.8, 4) is 11.1 Å². The molecule has 2 aliphatic carbocycles. The van der Waals surface area contributed by atoms with Crippen molar-refractivity contribution in [3.05, 3.63) is 287 Å². The average molecular weight is 893 g/mol. The first-order valence-corrected chi connectivity index (χ1v) is 25.1. The Morgan fingerprint density at radius 2 is 0.826 bits per heavy atom. The Labute approximate surface area is 411 Å². The highest BCUT2D eigenvalue weighted by Crippen LogP contribution is 2.44. The van der Waals surface area contributed by atoms with E-state index in [1.807, 2.05) is 0 Å². The first-order valence-electron chi connectivity index (χ1n) is 25.1. The Bertz CT molecular complexity index is 3280. The molecule has 0 saturated heterocycles. The molecule has 0 nitrogen and oxygen atoms in total. The second-order valence-corrected chi connectivity index (χ2v) is 18.5. The monoisotopic (exact) mass is 893 g/mol. The molecule has 11 aromatic carbocycles. The molecule has 0 fully saturated rings. The third kappa shape index (κ3) is 10.3. The van der Waals surface area contributed by atoms with Crippen LogP contribution in [0, 0.1) is 0 Å². The van der Waals surface area contributed by atoms with Crippen LogP contribution in [0.3, 0.4) is 0 Å². The fourth-order valence-electron chi connectivity index (χ4n) is 10.6. The van der Waals surface area contributed by atoms with Gasteiger partial charge in [0.1, 0.15) is 0 Å². The van der Waals surface area contributed by atoms with Gasteiger partial charge >= 0.3 is 0 Å². The van der Waals surface area contributed by atoms with Crippen LogP contribution in [-0.4, -0.2) is 0 Å². The zero-order valence-electron chi connectivity index (χ0n) is 40.9. The van der Waals surface area contributed by atoms with Crippen LogP contribution in [0.2, 0.25) is 0 Å². The summed E-state index contributed by atoms with van der Waals surface area (Å²) in [6, 6.07) is 86.5. The quantitative estimate of drug-likeness (QED) is 0.154. The van der Waals surface area contributed by atoms with E-state index < -0.39 is 0 Å². The number of fused-ring (bicyclic) bond motifs is 6. The number of benzene rings is 11. The predicted molar refractivity (Wildman–Crippen MR) is 300 cm³/mol. The topological polar surface area (TPSA) is 0 Å². The standard InChI is InChI=1S/C16H14.C14H12.C14H14.C13H12.C12H12/c1-2-14-15-9-5-3-7-12(15)11-13-8-4-6-10-16(13)14;1-10-11-6-2-4-8-13(11)14-9-5-3-7-12(10)14;1-12(13-8-4-2-5-9-13)14-10-6-3-7-11-14;1-9-8-11-6-2-4-10-5-3-7-12(9)13(10)11;1-2-10-7-5-8-11-6-3-4-9-12(10)11/h3-11H,2H2,1H3;2-10H,1H3;2-12H,1H3;2-7,9H,8H2,1H3;3-9H,2H2,1H3/t;;;9-;/m...1./s1. The molecule has 0 heterocycles. The van der Waals surface area contributed by atoms with Crippen LogP contribution in [0.25, 0.3) is 54.2 Å². The van der Waals surface area contributed by atoms with Crippen molar-refractivity contribution in [2.45, 2.75) is 71.6 Å². The van der Waals surface area contributed by atoms with Gasteiger partial charge in [0.15, 0.2) is 0 Å². The van der Waals surface area contributed by atoms with E-state index >= 15 is 0 Å². The SMILES string of the molecule is CC(c1ccccc1)c1ccccc1.CC1c2ccccc2-c2ccccc21.CCc1c2ccccc2cc2ccccc12.CCc1cccc2ccccc12.C[C@@H]1Cc2cccc3cccc1c23. The van der Waals surface area contributed by atoms with Crippen molar-refractivity contribution in [3.63, 3.8) is 0 Å². The maximum absolute atomic E-state index is 2.31. The lowest BCUT2D eigenvalue weighted by Crippen LogP contribution is -1.94. The van der Waals surface area contributed by atoms with Crippen molar-refractivity contribution < 1.29 is 0 Å². The van der Waals surface area contributed by atoms with E-state index in [-0.39, 0.29) is 0 Å². The highest BCUT2D eigenvalue weighted by atomic mass is 14.3. The lowest BCUT2D eigenvalue weighted by molar-refractivity contribution is 0.798. The lowest BCUT2D eigenvalue weighted by Gasteiger charge is -2.11. The maximum Gasteiger partial charge on any atom is 0.00733 e. The third-order valence-electron chi connectivity index (χ3n) is 14.3. The minimum absolute atomic E-state index is 0.484. The molecule has 0 bridgehead atoms. The minimum Gasteiger partial charge on any atom is -0.0622 e. The zero-order valence-corrected chi connectivity index (χ0v) is 40.9. The maximum atomic E-state index is 2.31. The second-order valence-electron chi connectivity index (χ2n) is 18.5. The van der Waals surface area contributed by atoms with Gasteiger partial charge in [0.05, 0.1) is 0 Å². The normalized spacial score (nSPS) is 13.0. The van der Waals surface area contributed by atoms with E-state index in [1.165, 1.54) is 105 Å². The van der Waals surface area contributed by atoms with E-state index in [0.29, 0.717) is 17.8 Å². The summed E-state index contributed by atoms with van der Waals surface area (Å²) in [6.45, 7) is 11.3. The second kappa shape index (κ2) is 22.0. The molecule has 69 heavy (non-hydrogen) atoms. The molecule has 0 saturated carbocycles. The van der Waals surface area contributed by atoms with Crippen LogP contribution >= 0.6 is 0 Å². The largest absolute Gasteiger partial charge is 0.0622 e. The van der Waals surface area contributed by atoms with Gasteiger partial charge in [-0.15, -0.1) is 0 Å². The van der Waals surface area contributed by atoms with Crippen molar-refractivity contribution >= 4 is 43.1 Å². The molecule has 0 amide bonds. The summed E-state index contributed by atoms with van der Waals surface area (Å²) < 4.78 is 0. The van der Waals surface area contributed by atoms with Crippen LogP contribution < -0.4 is 0 Å². The van der Waals surface area contributed by atoms with Crippen LogP contribution in [0.1, 0.15) is 96.9 Å². The van der Waals surface area contributed by atoms with Gasteiger partial charge in [0, 0.05) is 11.8 Å². The Kier molecular flexibility index (Phi) is 14.9. The van der Waals surface area contributed by atoms with Crippen LogP contribution in [0.4, 0.5) is 0 Å². The summed E-state index contributed by atoms with van der Waals surface area (Å²) in [5.41, 5.74) is 14.5. The van der Waals surface area contributed by atoms with Gasteiger partial charge < -0.3 is 0 Å². The minimum atomic E-state index is 0.484. The Morgan fingerprint density at radius 3 is 1.39 bits per heavy atom. The molecule has 2 aliphatic rings. The Hall–Kier alpha value is -7.54. The molecule has 11 aromatic rings. The first-order chi connectivity index (χ1) is 33.9. The highest BCUT2D eigenvalue weighted by Gasteiger charge is 2.24. The van der Waals surface area contributed by atoms with E-state index in [0.717, 1.165) is 12.8 Å². The van der Waals surface area contributed by atoms with Gasteiger partial charge in [0.25, 0.3) is 0 Å². The van der Waals surface area contributed by atoms with Crippen molar-refractivity contribution in [2.75, 3.05) is 0 Å². The Balaban J connectivity index is 0.000000108. The molecule has 1 atom stereocenters. The van der Waals surface area contributed by atoms with Crippen LogP contribution in [0.5, 0.6) is 0 Å². The summed E-state index contributed by atoms with van der Waals surface area (Å²) in [7, 11) is 0. The van der Waals surface area contributed by atoms with Crippen LogP contribution in [-0.2, 0) is 19.3 Å². The molecule has 0 N–H and O–H groups in total. The predicted octanol–water partition coefficient (Wildman–Crippen LogP) is 19.1. The third-order valence-corrected chi connectivity index (χ3v) is 14.3. The van der Waals surface area contributed by atoms with E-state index in [1.54, 1.807) is 0 Å². The number of hydrogen-bond acceptors (Lipinski definition) is 0. The molecule has 0 spiro atoms. The molecule has 0 aliphatic heterocycles. The van der Waals surface area contributed by atoms with Gasteiger partial charge in [-0.25, -0.2) is 0 Å². The highest BCUT2D eigenvalue weighted by molar-refractivity contribution is 6.02. The summed E-state index contributed by atoms with van der Waals surface area (Å²) in [6.07, 6.45) is 3.42. The number of aryl methyl sites for hydroxylation is 2. The molecule has 13 rings (SSSR count). The molecular formula is C69H64. The van der Waals surface area contributed by atoms with Crippen LogP contribution in [0.15, 0.2) is 243 Å². The summed E-state index contributed by atoms with van der Waals surface area (Å²) in [5.74, 6) is 1.75. The smallest absolute Gasteiger partial charge is 0.00733 e. The molecule has 0 aromatic heterocycles. The molecule has 340 valence electrons. The first kappa shape index (κ1) is 46.6. The Morgan fingerprint density at radius 1 is 0.391 bits per heavy atom. The summed E-state index contributed by atoms with van der Waals surface area (Å²) >= 11 is 0. The van der Waals surface area contributed by atoms with Gasteiger partial charge in [-0.3, -0.25) is 0 Å². The van der Waals surface area contributed by atoms with E-state index in [9.17, 15) is 0 Å². The molecule has 0 unspecified atom stereocenters. The number of hydrogen-bond donors (Lipinski definition) is 0. The van der Waals surface area contributed by atoms with Crippen molar-refractivity contribution in [1.82, 2.24) is 0 Å². The van der Waals surface area contributed by atoms with Crippen molar-refractivity contribution in [2.24, 2.45) is 0 Å². The van der Waals surface area contributed by atoms with Crippen molar-refractivity contribution in [1.29, 1.82) is 0 Å². The van der Waals surface area contributed by atoms with Gasteiger partial charge in [0.2, 0.25) is 0 Å². The molecular weight excluding hydrogens is 829 g/mol. The van der Waals surface area contributed by atoms with Gasteiger partial charge in [-0.1, -0.05) is 271 Å². The van der Waals surface area contributed by atoms with E-state index in [4.69, 9.17) is 0 Å². The zero-order chi connectivity index (χ0) is 47.5. The summed E-state index contributed by atoms with van der Waals surface area (Å²) in [4.78, 5) is 0.